The lowest BCUT2D eigenvalue weighted by molar-refractivity contribution is 0.568. The number of aromatic nitrogens is 3. The van der Waals surface area contributed by atoms with Gasteiger partial charge in [-0.25, -0.2) is 4.98 Å². The van der Waals surface area contributed by atoms with E-state index < -0.39 is 0 Å². The van der Waals surface area contributed by atoms with E-state index in [1.54, 1.807) is 6.33 Å². The Morgan fingerprint density at radius 2 is 2.45 bits per heavy atom. The van der Waals surface area contributed by atoms with Crippen LogP contribution in [0.1, 0.15) is 19.2 Å². The van der Waals surface area contributed by atoms with E-state index in [2.05, 4.69) is 17.0 Å². The van der Waals surface area contributed by atoms with Crippen molar-refractivity contribution >= 4 is 0 Å². The van der Waals surface area contributed by atoms with Crippen LogP contribution in [0.4, 0.5) is 0 Å². The molecule has 0 unspecified atom stereocenters. The number of hydrogen-bond acceptors (Lipinski definition) is 3. The lowest BCUT2D eigenvalue weighted by Gasteiger charge is -2.01. The summed E-state index contributed by atoms with van der Waals surface area (Å²) in [6, 6.07) is 0. The Morgan fingerprint density at radius 3 is 3.09 bits per heavy atom. The molecule has 4 heteroatoms. The van der Waals surface area contributed by atoms with Crippen molar-refractivity contribution in [2.45, 2.75) is 26.3 Å². The number of hydrogen-bond donors (Lipinski definition) is 1. The Labute approximate surface area is 66.4 Å². The summed E-state index contributed by atoms with van der Waals surface area (Å²) in [5, 5.41) is 4.07. The van der Waals surface area contributed by atoms with Gasteiger partial charge in [0.05, 0.1) is 0 Å². The second-order valence-corrected chi connectivity index (χ2v) is 2.44. The minimum atomic E-state index is 0.641. The van der Waals surface area contributed by atoms with Crippen molar-refractivity contribution in [1.29, 1.82) is 0 Å². The molecule has 2 N–H and O–H groups in total. The van der Waals surface area contributed by atoms with Gasteiger partial charge in [-0.3, -0.25) is 4.68 Å². The number of nitrogens with zero attached hydrogens (tertiary/aromatic N) is 3. The molecular formula is C7H14N4. The fourth-order valence-electron chi connectivity index (χ4n) is 1.01. The molecule has 1 heterocycles. The van der Waals surface area contributed by atoms with E-state index in [9.17, 15) is 0 Å². The maximum Gasteiger partial charge on any atom is 0.138 e. The highest BCUT2D eigenvalue weighted by molar-refractivity contribution is 4.84. The molecule has 0 radical (unpaired) electrons. The summed E-state index contributed by atoms with van der Waals surface area (Å²) in [6.07, 6.45) is 3.49. The van der Waals surface area contributed by atoms with Gasteiger partial charge >= 0.3 is 0 Å². The standard InChI is InChI=1S/C7H14N4/c1-2-5-11-7(3-4-8)9-6-10-11/h6H,2-5,8H2,1H3. The van der Waals surface area contributed by atoms with Gasteiger partial charge in [-0.1, -0.05) is 6.92 Å². The smallest absolute Gasteiger partial charge is 0.138 e. The van der Waals surface area contributed by atoms with E-state index in [0.29, 0.717) is 6.54 Å². The lowest BCUT2D eigenvalue weighted by atomic mass is 10.4. The summed E-state index contributed by atoms with van der Waals surface area (Å²) in [4.78, 5) is 4.10. The summed E-state index contributed by atoms with van der Waals surface area (Å²) in [6.45, 7) is 3.70. The van der Waals surface area contributed by atoms with Gasteiger partial charge in [0.2, 0.25) is 0 Å². The minimum Gasteiger partial charge on any atom is -0.330 e. The molecule has 1 aromatic rings. The molecule has 4 nitrogen and oxygen atoms in total. The second-order valence-electron chi connectivity index (χ2n) is 2.44. The molecule has 0 saturated carbocycles. The van der Waals surface area contributed by atoms with Crippen LogP contribution in [0.2, 0.25) is 0 Å². The Morgan fingerprint density at radius 1 is 1.64 bits per heavy atom. The molecule has 0 fully saturated rings. The molecule has 0 spiro atoms. The van der Waals surface area contributed by atoms with Crippen LogP contribution >= 0.6 is 0 Å². The van der Waals surface area contributed by atoms with Crippen LogP contribution in [-0.4, -0.2) is 21.3 Å². The Bertz CT molecular complexity index is 185. The first kappa shape index (κ1) is 8.20. The van der Waals surface area contributed by atoms with Gasteiger partial charge in [0.15, 0.2) is 0 Å². The highest BCUT2D eigenvalue weighted by Gasteiger charge is 2.00. The Balaban J connectivity index is 2.62. The monoisotopic (exact) mass is 154 g/mol. The Kier molecular flexibility index (Phi) is 3.04. The maximum absolute atomic E-state index is 5.40. The van der Waals surface area contributed by atoms with Crippen molar-refractivity contribution in [2.75, 3.05) is 6.54 Å². The van der Waals surface area contributed by atoms with E-state index in [1.165, 1.54) is 0 Å². The van der Waals surface area contributed by atoms with Crippen molar-refractivity contribution in [1.82, 2.24) is 14.8 Å². The zero-order valence-corrected chi connectivity index (χ0v) is 6.82. The first-order valence-electron chi connectivity index (χ1n) is 3.95. The van der Waals surface area contributed by atoms with Crippen LogP contribution in [-0.2, 0) is 13.0 Å². The van der Waals surface area contributed by atoms with E-state index >= 15 is 0 Å². The van der Waals surface area contributed by atoms with Crippen LogP contribution in [0.3, 0.4) is 0 Å². The molecule has 0 atom stereocenters. The van der Waals surface area contributed by atoms with Gasteiger partial charge in [-0.2, -0.15) is 5.10 Å². The first-order chi connectivity index (χ1) is 5.38. The first-order valence-corrected chi connectivity index (χ1v) is 3.95. The molecule has 0 amide bonds. The van der Waals surface area contributed by atoms with E-state index in [0.717, 1.165) is 25.2 Å². The molecule has 0 aliphatic carbocycles. The summed E-state index contributed by atoms with van der Waals surface area (Å²) < 4.78 is 1.91. The molecule has 0 aliphatic heterocycles. The number of rotatable bonds is 4. The average molecular weight is 154 g/mol. The summed E-state index contributed by atoms with van der Waals surface area (Å²) in [5.41, 5.74) is 5.40. The largest absolute Gasteiger partial charge is 0.330 e. The van der Waals surface area contributed by atoms with E-state index in [1.807, 2.05) is 4.68 Å². The maximum atomic E-state index is 5.40. The van der Waals surface area contributed by atoms with Crippen LogP contribution < -0.4 is 5.73 Å². The van der Waals surface area contributed by atoms with Gasteiger partial charge in [0, 0.05) is 13.0 Å². The van der Waals surface area contributed by atoms with Crippen molar-refractivity contribution in [3.05, 3.63) is 12.2 Å². The molecule has 1 rings (SSSR count). The molecule has 0 saturated heterocycles. The van der Waals surface area contributed by atoms with Crippen LogP contribution in [0.25, 0.3) is 0 Å². The predicted octanol–water partition coefficient (Wildman–Crippen LogP) is 0.189. The fourth-order valence-corrected chi connectivity index (χ4v) is 1.01. The average Bonchev–Trinajstić information content (AvgIpc) is 2.39. The minimum absolute atomic E-state index is 0.641. The molecule has 0 aliphatic rings. The molecule has 0 bridgehead atoms. The van der Waals surface area contributed by atoms with Crippen LogP contribution in [0.15, 0.2) is 6.33 Å². The SMILES string of the molecule is CCCn1ncnc1CCN. The van der Waals surface area contributed by atoms with Crippen LogP contribution in [0.5, 0.6) is 0 Å². The summed E-state index contributed by atoms with van der Waals surface area (Å²) in [5.74, 6) is 0.995. The topological polar surface area (TPSA) is 56.7 Å². The van der Waals surface area contributed by atoms with Gasteiger partial charge < -0.3 is 5.73 Å². The van der Waals surface area contributed by atoms with Gasteiger partial charge in [0.1, 0.15) is 12.2 Å². The Hall–Kier alpha value is -0.900. The van der Waals surface area contributed by atoms with Crippen molar-refractivity contribution < 1.29 is 0 Å². The third kappa shape index (κ3) is 2.01. The molecule has 1 aromatic heterocycles. The highest BCUT2D eigenvalue weighted by atomic mass is 15.3. The third-order valence-electron chi connectivity index (χ3n) is 1.50. The van der Waals surface area contributed by atoms with E-state index in [4.69, 9.17) is 5.73 Å². The molecular weight excluding hydrogens is 140 g/mol. The predicted molar refractivity (Wildman–Crippen MR) is 43.1 cm³/mol. The zero-order valence-electron chi connectivity index (χ0n) is 6.82. The molecule has 11 heavy (non-hydrogen) atoms. The molecule has 62 valence electrons. The lowest BCUT2D eigenvalue weighted by Crippen LogP contribution is -2.10. The third-order valence-corrected chi connectivity index (χ3v) is 1.50. The summed E-state index contributed by atoms with van der Waals surface area (Å²) >= 11 is 0. The van der Waals surface area contributed by atoms with Crippen molar-refractivity contribution in [3.63, 3.8) is 0 Å². The van der Waals surface area contributed by atoms with Gasteiger partial charge in [0.25, 0.3) is 0 Å². The van der Waals surface area contributed by atoms with Gasteiger partial charge in [-0.15, -0.1) is 0 Å². The molecule has 0 aromatic carbocycles. The number of nitrogens with two attached hydrogens (primary N) is 1. The van der Waals surface area contributed by atoms with E-state index in [-0.39, 0.29) is 0 Å². The van der Waals surface area contributed by atoms with Crippen molar-refractivity contribution in [3.8, 4) is 0 Å². The van der Waals surface area contributed by atoms with Gasteiger partial charge in [-0.05, 0) is 13.0 Å². The fraction of sp³-hybridized carbons (Fsp3) is 0.714. The summed E-state index contributed by atoms with van der Waals surface area (Å²) in [7, 11) is 0. The van der Waals surface area contributed by atoms with Crippen LogP contribution in [0, 0.1) is 0 Å². The van der Waals surface area contributed by atoms with Crippen molar-refractivity contribution in [2.24, 2.45) is 5.73 Å². The zero-order chi connectivity index (χ0) is 8.10. The quantitative estimate of drug-likeness (QED) is 0.673. The second kappa shape index (κ2) is 4.08. The normalized spacial score (nSPS) is 10.4. The highest BCUT2D eigenvalue weighted by Crippen LogP contribution is 1.95. The number of aryl methyl sites for hydroxylation is 1.